The fourth-order valence-electron chi connectivity index (χ4n) is 5.50. The van der Waals surface area contributed by atoms with Gasteiger partial charge in [-0.25, -0.2) is 0 Å². The van der Waals surface area contributed by atoms with E-state index >= 15 is 0 Å². The molecule has 1 atom stereocenters. The van der Waals surface area contributed by atoms with Crippen LogP contribution in [0.5, 0.6) is 0 Å². The van der Waals surface area contributed by atoms with E-state index in [0.717, 1.165) is 71.7 Å². The number of anilines is 2. The summed E-state index contributed by atoms with van der Waals surface area (Å²) in [5.74, 6) is 0.995. The van der Waals surface area contributed by atoms with Gasteiger partial charge in [0.1, 0.15) is 0 Å². The predicted molar refractivity (Wildman–Crippen MR) is 131 cm³/mol. The SMILES string of the molecule is CN=CC(=CN)c1ccc2c(c1CO)CCN2c1nn(C2CCOC2)c2c1CN(C(C)=O)CC2. The highest BCUT2D eigenvalue weighted by atomic mass is 16.5. The van der Waals surface area contributed by atoms with Gasteiger partial charge in [-0.15, -0.1) is 0 Å². The summed E-state index contributed by atoms with van der Waals surface area (Å²) < 4.78 is 7.81. The molecule has 0 spiro atoms. The molecule has 9 heteroatoms. The second-order valence-corrected chi connectivity index (χ2v) is 9.06. The van der Waals surface area contributed by atoms with Crippen LogP contribution < -0.4 is 10.6 Å². The van der Waals surface area contributed by atoms with Gasteiger partial charge in [0, 0.05) is 75.0 Å². The monoisotopic (exact) mass is 464 g/mol. The van der Waals surface area contributed by atoms with Gasteiger partial charge in [0.25, 0.3) is 0 Å². The first-order valence-corrected chi connectivity index (χ1v) is 11.9. The van der Waals surface area contributed by atoms with Crippen LogP contribution in [0.4, 0.5) is 11.5 Å². The van der Waals surface area contributed by atoms with Gasteiger partial charge in [0.05, 0.1) is 25.8 Å². The smallest absolute Gasteiger partial charge is 0.219 e. The number of amides is 1. The number of benzene rings is 1. The van der Waals surface area contributed by atoms with Crippen LogP contribution in [-0.2, 0) is 35.5 Å². The lowest BCUT2D eigenvalue weighted by Gasteiger charge is -2.28. The first-order chi connectivity index (χ1) is 16.6. The minimum Gasteiger partial charge on any atom is -0.404 e. The van der Waals surface area contributed by atoms with Gasteiger partial charge in [-0.2, -0.15) is 5.10 Å². The molecule has 3 aliphatic rings. The highest BCUT2D eigenvalue weighted by Crippen LogP contribution is 2.42. The standard InChI is InChI=1S/C25H32N6O3/c1-16(33)29-8-6-24-21(13-29)25(28-31(24)18-7-10-34-15-18)30-9-5-20-22(14-32)19(3-4-23(20)30)17(11-26)12-27-2/h3-4,11-12,18,32H,5-10,13-15,26H2,1-2H3. The van der Waals surface area contributed by atoms with Gasteiger partial charge in [-0.05, 0) is 35.6 Å². The Morgan fingerprint density at radius 3 is 2.85 bits per heavy atom. The Bertz CT molecular complexity index is 1160. The lowest BCUT2D eigenvalue weighted by molar-refractivity contribution is -0.129. The van der Waals surface area contributed by atoms with Crippen molar-refractivity contribution in [2.75, 3.05) is 38.3 Å². The summed E-state index contributed by atoms with van der Waals surface area (Å²) in [5.41, 5.74) is 12.9. The summed E-state index contributed by atoms with van der Waals surface area (Å²) in [6.07, 6.45) is 5.78. The molecule has 5 rings (SSSR count). The Hall–Kier alpha value is -3.17. The van der Waals surface area contributed by atoms with Crippen molar-refractivity contribution in [2.24, 2.45) is 10.7 Å². The van der Waals surface area contributed by atoms with Crippen LogP contribution in [-0.4, -0.2) is 65.3 Å². The molecule has 3 N–H and O–H groups in total. The van der Waals surface area contributed by atoms with E-state index < -0.39 is 0 Å². The number of aromatic nitrogens is 2. The van der Waals surface area contributed by atoms with Crippen molar-refractivity contribution in [1.82, 2.24) is 14.7 Å². The zero-order valence-electron chi connectivity index (χ0n) is 19.8. The second kappa shape index (κ2) is 9.23. The first kappa shape index (κ1) is 22.6. The number of rotatable bonds is 5. The number of carbonyl (C=O) groups is 1. The fraction of sp³-hybridized carbons (Fsp3) is 0.480. The molecule has 4 heterocycles. The van der Waals surface area contributed by atoms with Gasteiger partial charge >= 0.3 is 0 Å². The van der Waals surface area contributed by atoms with Gasteiger partial charge in [-0.1, -0.05) is 6.07 Å². The van der Waals surface area contributed by atoms with Gasteiger partial charge in [0.2, 0.25) is 5.91 Å². The summed E-state index contributed by atoms with van der Waals surface area (Å²) in [7, 11) is 1.70. The van der Waals surface area contributed by atoms with Crippen molar-refractivity contribution in [3.05, 3.63) is 46.3 Å². The zero-order valence-corrected chi connectivity index (χ0v) is 19.8. The van der Waals surface area contributed by atoms with E-state index in [1.165, 1.54) is 11.9 Å². The van der Waals surface area contributed by atoms with E-state index in [-0.39, 0.29) is 18.6 Å². The second-order valence-electron chi connectivity index (χ2n) is 9.06. The number of hydrogen-bond acceptors (Lipinski definition) is 7. The Balaban J connectivity index is 1.59. The molecule has 180 valence electrons. The number of nitrogens with two attached hydrogens (primary N) is 1. The lowest BCUT2D eigenvalue weighted by Crippen LogP contribution is -2.35. The molecule has 3 aliphatic heterocycles. The fourth-order valence-corrected chi connectivity index (χ4v) is 5.50. The third kappa shape index (κ3) is 3.69. The number of aliphatic hydroxyl groups excluding tert-OH is 1. The summed E-state index contributed by atoms with van der Waals surface area (Å²) in [4.78, 5) is 20.4. The van der Waals surface area contributed by atoms with E-state index in [2.05, 4.69) is 20.6 Å². The Kier molecular flexibility index (Phi) is 6.14. The zero-order chi connectivity index (χ0) is 23.8. The molecular formula is C25H32N6O3. The van der Waals surface area contributed by atoms with E-state index in [1.54, 1.807) is 20.2 Å². The molecule has 0 bridgehead atoms. The van der Waals surface area contributed by atoms with Crippen LogP contribution >= 0.6 is 0 Å². The first-order valence-electron chi connectivity index (χ1n) is 11.9. The molecule has 1 saturated heterocycles. The van der Waals surface area contributed by atoms with Crippen molar-refractivity contribution in [3.8, 4) is 0 Å². The predicted octanol–water partition coefficient (Wildman–Crippen LogP) is 1.94. The molecular weight excluding hydrogens is 432 g/mol. The number of allylic oxidation sites excluding steroid dienone is 1. The van der Waals surface area contributed by atoms with E-state index in [1.807, 2.05) is 11.0 Å². The van der Waals surface area contributed by atoms with Crippen LogP contribution in [0.25, 0.3) is 5.57 Å². The van der Waals surface area contributed by atoms with Crippen LogP contribution in [0.15, 0.2) is 23.3 Å². The molecule has 1 aromatic heterocycles. The van der Waals surface area contributed by atoms with Gasteiger partial charge in [0.15, 0.2) is 5.82 Å². The molecule has 2 aromatic rings. The van der Waals surface area contributed by atoms with Crippen LogP contribution in [0, 0.1) is 0 Å². The number of hydrogen-bond donors (Lipinski definition) is 2. The third-order valence-electron chi connectivity index (χ3n) is 7.22. The molecule has 0 radical (unpaired) electrons. The maximum Gasteiger partial charge on any atom is 0.219 e. The number of fused-ring (bicyclic) bond motifs is 2. The molecule has 34 heavy (non-hydrogen) atoms. The molecule has 1 amide bonds. The molecule has 0 aliphatic carbocycles. The number of carbonyl (C=O) groups excluding carboxylic acids is 1. The average molecular weight is 465 g/mol. The van der Waals surface area contributed by atoms with Gasteiger partial charge < -0.3 is 25.4 Å². The molecule has 9 nitrogen and oxygen atoms in total. The normalized spacial score (nSPS) is 20.3. The minimum absolute atomic E-state index is 0.0781. The number of nitrogens with zero attached hydrogens (tertiary/aromatic N) is 5. The topological polar surface area (TPSA) is 109 Å². The van der Waals surface area contributed by atoms with Crippen molar-refractivity contribution in [1.29, 1.82) is 0 Å². The maximum absolute atomic E-state index is 12.2. The van der Waals surface area contributed by atoms with E-state index in [9.17, 15) is 9.90 Å². The van der Waals surface area contributed by atoms with Crippen LogP contribution in [0.3, 0.4) is 0 Å². The lowest BCUT2D eigenvalue weighted by atomic mass is 9.95. The Morgan fingerprint density at radius 2 is 2.18 bits per heavy atom. The molecule has 0 saturated carbocycles. The summed E-state index contributed by atoms with van der Waals surface area (Å²) in [5, 5.41) is 15.4. The van der Waals surface area contributed by atoms with Crippen molar-refractivity contribution < 1.29 is 14.6 Å². The Labute approximate surface area is 199 Å². The van der Waals surface area contributed by atoms with Crippen LogP contribution in [0.1, 0.15) is 47.3 Å². The largest absolute Gasteiger partial charge is 0.404 e. The molecule has 1 fully saturated rings. The quantitative estimate of drug-likeness (QED) is 0.655. The molecule has 1 aromatic carbocycles. The third-order valence-corrected chi connectivity index (χ3v) is 7.22. The number of aliphatic imine (C=N–C) groups is 1. The molecule has 1 unspecified atom stereocenters. The number of ether oxygens (including phenoxy) is 1. The summed E-state index contributed by atoms with van der Waals surface area (Å²) in [6, 6.07) is 4.31. The summed E-state index contributed by atoms with van der Waals surface area (Å²) >= 11 is 0. The van der Waals surface area contributed by atoms with E-state index in [4.69, 9.17) is 15.6 Å². The minimum atomic E-state index is -0.0781. The maximum atomic E-state index is 12.2. The number of aliphatic hydroxyl groups is 1. The van der Waals surface area contributed by atoms with Crippen molar-refractivity contribution >= 4 is 29.2 Å². The van der Waals surface area contributed by atoms with E-state index in [0.29, 0.717) is 19.7 Å². The van der Waals surface area contributed by atoms with Crippen molar-refractivity contribution in [2.45, 2.75) is 45.4 Å². The average Bonchev–Trinajstić information content (AvgIpc) is 3.59. The highest BCUT2D eigenvalue weighted by Gasteiger charge is 2.35. The van der Waals surface area contributed by atoms with Gasteiger partial charge in [-0.3, -0.25) is 14.5 Å². The summed E-state index contributed by atoms with van der Waals surface area (Å²) in [6.45, 7) is 5.01. The van der Waals surface area contributed by atoms with Crippen LogP contribution in [0.2, 0.25) is 0 Å². The van der Waals surface area contributed by atoms with Crippen molar-refractivity contribution in [3.63, 3.8) is 0 Å². The Morgan fingerprint density at radius 1 is 1.32 bits per heavy atom. The highest BCUT2D eigenvalue weighted by molar-refractivity contribution is 6.10.